The second-order valence-corrected chi connectivity index (χ2v) is 6.47. The molecule has 0 bridgehead atoms. The number of nitrogens with zero attached hydrogens (tertiary/aromatic N) is 3. The van der Waals surface area contributed by atoms with Gasteiger partial charge in [-0.05, 0) is 31.5 Å². The summed E-state index contributed by atoms with van der Waals surface area (Å²) >= 11 is 0. The van der Waals surface area contributed by atoms with E-state index in [9.17, 15) is 9.59 Å². The zero-order valence-electron chi connectivity index (χ0n) is 15.1. The summed E-state index contributed by atoms with van der Waals surface area (Å²) < 4.78 is 5.18. The van der Waals surface area contributed by atoms with Gasteiger partial charge in [-0.1, -0.05) is 6.92 Å². The molecule has 7 nitrogen and oxygen atoms in total. The van der Waals surface area contributed by atoms with E-state index in [1.54, 1.807) is 29.4 Å². The molecule has 0 radical (unpaired) electrons. The van der Waals surface area contributed by atoms with Crippen molar-refractivity contribution in [3.05, 3.63) is 48.2 Å². The van der Waals surface area contributed by atoms with Crippen molar-refractivity contribution in [3.8, 4) is 0 Å². The predicted molar refractivity (Wildman–Crippen MR) is 98.3 cm³/mol. The maximum absolute atomic E-state index is 12.3. The number of hydrogen-bond donors (Lipinski definition) is 1. The van der Waals surface area contributed by atoms with Crippen LogP contribution >= 0.6 is 0 Å². The molecule has 1 N–H and O–H groups in total. The van der Waals surface area contributed by atoms with Gasteiger partial charge in [0, 0.05) is 38.4 Å². The lowest BCUT2D eigenvalue weighted by Gasteiger charge is -2.35. The summed E-state index contributed by atoms with van der Waals surface area (Å²) in [5.74, 6) is 0.165. The zero-order chi connectivity index (χ0) is 18.5. The fourth-order valence-electron chi connectivity index (χ4n) is 2.86. The first-order chi connectivity index (χ1) is 12.6. The number of hydrogen-bond acceptors (Lipinski definition) is 5. The van der Waals surface area contributed by atoms with E-state index < -0.39 is 0 Å². The van der Waals surface area contributed by atoms with Crippen LogP contribution in [0.4, 0.5) is 5.69 Å². The highest BCUT2D eigenvalue weighted by atomic mass is 16.3. The number of amides is 2. The number of piperazine rings is 1. The molecule has 2 amide bonds. The van der Waals surface area contributed by atoms with E-state index in [0.717, 1.165) is 12.1 Å². The van der Waals surface area contributed by atoms with Gasteiger partial charge in [-0.15, -0.1) is 0 Å². The Morgan fingerprint density at radius 3 is 2.69 bits per heavy atom. The molecule has 1 unspecified atom stereocenters. The van der Waals surface area contributed by atoms with E-state index in [1.165, 1.54) is 6.26 Å². The first kappa shape index (κ1) is 18.0. The molecule has 1 atom stereocenters. The average Bonchev–Trinajstić information content (AvgIpc) is 3.22. The molecule has 2 aromatic rings. The van der Waals surface area contributed by atoms with E-state index in [1.807, 2.05) is 19.9 Å². The van der Waals surface area contributed by atoms with Crippen LogP contribution in [0.25, 0.3) is 0 Å². The van der Waals surface area contributed by atoms with Crippen molar-refractivity contribution in [2.75, 3.05) is 31.1 Å². The van der Waals surface area contributed by atoms with Crippen LogP contribution in [0.15, 0.2) is 41.3 Å². The Bertz CT molecular complexity index is 752. The minimum absolute atomic E-state index is 0.0885. The fraction of sp³-hybridized carbons (Fsp3) is 0.421. The summed E-state index contributed by atoms with van der Waals surface area (Å²) in [4.78, 5) is 32.7. The number of carbonyl (C=O) groups is 2. The highest BCUT2D eigenvalue weighted by molar-refractivity contribution is 5.95. The van der Waals surface area contributed by atoms with Crippen molar-refractivity contribution in [1.29, 1.82) is 0 Å². The standard InChI is InChI=1S/C19H24N4O3/c1-3-14(2)21-18(24)15-11-16(13-20-12-15)22-6-8-23(9-7-22)19(25)17-5-4-10-26-17/h4-5,10-14H,3,6-9H2,1-2H3,(H,21,24). The van der Waals surface area contributed by atoms with Crippen molar-refractivity contribution in [3.63, 3.8) is 0 Å². The number of nitrogens with one attached hydrogen (secondary N) is 1. The molecule has 138 valence electrons. The quantitative estimate of drug-likeness (QED) is 0.888. The Balaban J connectivity index is 1.62. The summed E-state index contributed by atoms with van der Waals surface area (Å²) in [6.07, 6.45) is 5.72. The molecule has 26 heavy (non-hydrogen) atoms. The topological polar surface area (TPSA) is 78.7 Å². The monoisotopic (exact) mass is 356 g/mol. The summed E-state index contributed by atoms with van der Waals surface area (Å²) in [5, 5.41) is 2.95. The molecule has 1 aliphatic rings. The van der Waals surface area contributed by atoms with E-state index in [-0.39, 0.29) is 17.9 Å². The lowest BCUT2D eigenvalue weighted by molar-refractivity contribution is 0.0714. The minimum Gasteiger partial charge on any atom is -0.459 e. The highest BCUT2D eigenvalue weighted by Crippen LogP contribution is 2.18. The highest BCUT2D eigenvalue weighted by Gasteiger charge is 2.24. The maximum atomic E-state index is 12.3. The summed E-state index contributed by atoms with van der Waals surface area (Å²) in [7, 11) is 0. The molecule has 1 saturated heterocycles. The van der Waals surface area contributed by atoms with Crippen LogP contribution in [0.5, 0.6) is 0 Å². The molecule has 7 heteroatoms. The van der Waals surface area contributed by atoms with Crippen LogP contribution in [-0.4, -0.2) is 53.9 Å². The third kappa shape index (κ3) is 4.04. The zero-order valence-corrected chi connectivity index (χ0v) is 15.1. The molecule has 0 spiro atoms. The largest absolute Gasteiger partial charge is 0.459 e. The van der Waals surface area contributed by atoms with E-state index in [0.29, 0.717) is 37.5 Å². The molecule has 0 aromatic carbocycles. The van der Waals surface area contributed by atoms with Crippen LogP contribution in [0.3, 0.4) is 0 Å². The van der Waals surface area contributed by atoms with Crippen molar-refractivity contribution in [2.24, 2.45) is 0 Å². The van der Waals surface area contributed by atoms with Gasteiger partial charge in [0.2, 0.25) is 0 Å². The molecular weight excluding hydrogens is 332 g/mol. The van der Waals surface area contributed by atoms with Gasteiger partial charge in [0.15, 0.2) is 5.76 Å². The second-order valence-electron chi connectivity index (χ2n) is 6.47. The van der Waals surface area contributed by atoms with Crippen LogP contribution < -0.4 is 10.2 Å². The number of anilines is 1. The third-order valence-corrected chi connectivity index (χ3v) is 4.64. The van der Waals surface area contributed by atoms with E-state index in [4.69, 9.17) is 4.42 Å². The number of furan rings is 1. The minimum atomic E-state index is -0.111. The number of carbonyl (C=O) groups excluding carboxylic acids is 2. The second kappa shape index (κ2) is 8.03. The molecular formula is C19H24N4O3. The van der Waals surface area contributed by atoms with Crippen molar-refractivity contribution >= 4 is 17.5 Å². The first-order valence-corrected chi connectivity index (χ1v) is 8.92. The fourth-order valence-corrected chi connectivity index (χ4v) is 2.86. The molecule has 0 saturated carbocycles. The average molecular weight is 356 g/mol. The maximum Gasteiger partial charge on any atom is 0.289 e. The van der Waals surface area contributed by atoms with Gasteiger partial charge in [-0.2, -0.15) is 0 Å². The Hall–Kier alpha value is -2.83. The van der Waals surface area contributed by atoms with Gasteiger partial charge in [0.25, 0.3) is 11.8 Å². The van der Waals surface area contributed by atoms with Gasteiger partial charge in [-0.3, -0.25) is 14.6 Å². The van der Waals surface area contributed by atoms with Gasteiger partial charge in [-0.25, -0.2) is 0 Å². The van der Waals surface area contributed by atoms with Crippen LogP contribution in [0.2, 0.25) is 0 Å². The lowest BCUT2D eigenvalue weighted by Crippen LogP contribution is -2.48. The summed E-state index contributed by atoms with van der Waals surface area (Å²) in [5.41, 5.74) is 1.45. The first-order valence-electron chi connectivity index (χ1n) is 8.92. The number of aromatic nitrogens is 1. The molecule has 2 aromatic heterocycles. The lowest BCUT2D eigenvalue weighted by atomic mass is 10.2. The van der Waals surface area contributed by atoms with E-state index in [2.05, 4.69) is 15.2 Å². The van der Waals surface area contributed by atoms with Gasteiger partial charge >= 0.3 is 0 Å². The van der Waals surface area contributed by atoms with Crippen molar-refractivity contribution in [1.82, 2.24) is 15.2 Å². The molecule has 3 heterocycles. The van der Waals surface area contributed by atoms with Gasteiger partial charge in [0.05, 0.1) is 23.7 Å². The Kier molecular flexibility index (Phi) is 5.55. The SMILES string of the molecule is CCC(C)NC(=O)c1cncc(N2CCN(C(=O)c3ccco3)CC2)c1. The predicted octanol–water partition coefficient (Wildman–Crippen LogP) is 2.17. The molecule has 0 aliphatic carbocycles. The third-order valence-electron chi connectivity index (χ3n) is 4.64. The van der Waals surface area contributed by atoms with Crippen molar-refractivity contribution in [2.45, 2.75) is 26.3 Å². The van der Waals surface area contributed by atoms with Crippen LogP contribution in [0, 0.1) is 0 Å². The normalized spacial score (nSPS) is 15.6. The Morgan fingerprint density at radius 2 is 2.04 bits per heavy atom. The molecule has 3 rings (SSSR count). The van der Waals surface area contributed by atoms with Crippen molar-refractivity contribution < 1.29 is 14.0 Å². The van der Waals surface area contributed by atoms with Crippen LogP contribution in [0.1, 0.15) is 41.2 Å². The van der Waals surface area contributed by atoms with Gasteiger partial charge in [0.1, 0.15) is 0 Å². The number of rotatable bonds is 5. The van der Waals surface area contributed by atoms with Gasteiger partial charge < -0.3 is 19.5 Å². The van der Waals surface area contributed by atoms with E-state index >= 15 is 0 Å². The molecule has 1 fully saturated rings. The number of pyridine rings is 1. The smallest absolute Gasteiger partial charge is 0.289 e. The Labute approximate surface area is 153 Å². The molecule has 1 aliphatic heterocycles. The summed E-state index contributed by atoms with van der Waals surface area (Å²) in [6, 6.07) is 5.37. The summed E-state index contributed by atoms with van der Waals surface area (Å²) in [6.45, 7) is 6.58. The Morgan fingerprint density at radius 1 is 1.27 bits per heavy atom. The van der Waals surface area contributed by atoms with Crippen LogP contribution in [-0.2, 0) is 0 Å².